The van der Waals surface area contributed by atoms with Gasteiger partial charge in [0.25, 0.3) is 5.91 Å². The summed E-state index contributed by atoms with van der Waals surface area (Å²) in [5.74, 6) is 0.0539. The van der Waals surface area contributed by atoms with E-state index in [0.29, 0.717) is 16.8 Å². The zero-order valence-corrected chi connectivity index (χ0v) is 13.0. The summed E-state index contributed by atoms with van der Waals surface area (Å²) in [5.41, 5.74) is 1.41. The number of pyridine rings is 1. The van der Waals surface area contributed by atoms with Gasteiger partial charge in [-0.05, 0) is 25.5 Å². The number of halogens is 1. The van der Waals surface area contributed by atoms with Gasteiger partial charge >= 0.3 is 0 Å². The molecule has 114 valence electrons. The first-order valence-corrected chi connectivity index (χ1v) is 7.76. The number of hydrogen-bond acceptors (Lipinski definition) is 4. The van der Waals surface area contributed by atoms with E-state index in [1.807, 2.05) is 11.8 Å². The van der Waals surface area contributed by atoms with E-state index in [0.717, 1.165) is 51.5 Å². The van der Waals surface area contributed by atoms with Crippen LogP contribution in [0.2, 0.25) is 5.15 Å². The number of carbonyl (C=O) groups is 1. The fourth-order valence-corrected chi connectivity index (χ4v) is 3.35. The number of morpholine rings is 1. The van der Waals surface area contributed by atoms with Gasteiger partial charge in [0.1, 0.15) is 5.15 Å². The number of aromatic nitrogens is 1. The van der Waals surface area contributed by atoms with Crippen LogP contribution in [0.1, 0.15) is 22.5 Å². The SMILES string of the molecule is Cc1cc(C(=O)N2CCC(N3CCOCC3)C2)cc(Cl)n1. The summed E-state index contributed by atoms with van der Waals surface area (Å²) >= 11 is 5.95. The number of carbonyl (C=O) groups excluding carboxylic acids is 1. The van der Waals surface area contributed by atoms with Crippen molar-refractivity contribution in [1.29, 1.82) is 0 Å². The normalized spacial score (nSPS) is 23.5. The van der Waals surface area contributed by atoms with Crippen molar-refractivity contribution in [3.8, 4) is 0 Å². The molecule has 2 saturated heterocycles. The molecule has 0 radical (unpaired) electrons. The summed E-state index contributed by atoms with van der Waals surface area (Å²) in [6.45, 7) is 6.97. The average molecular weight is 310 g/mol. The molecule has 3 heterocycles. The van der Waals surface area contributed by atoms with Gasteiger partial charge in [-0.25, -0.2) is 4.98 Å². The number of aryl methyl sites for hydroxylation is 1. The highest BCUT2D eigenvalue weighted by Crippen LogP contribution is 2.20. The summed E-state index contributed by atoms with van der Waals surface area (Å²) in [4.78, 5) is 21.0. The predicted molar refractivity (Wildman–Crippen MR) is 80.7 cm³/mol. The molecule has 2 fully saturated rings. The first-order chi connectivity index (χ1) is 10.1. The van der Waals surface area contributed by atoms with E-state index in [1.54, 1.807) is 12.1 Å². The lowest BCUT2D eigenvalue weighted by Crippen LogP contribution is -2.45. The van der Waals surface area contributed by atoms with Crippen LogP contribution >= 0.6 is 11.6 Å². The Morgan fingerprint density at radius 3 is 2.81 bits per heavy atom. The Kier molecular flexibility index (Phi) is 4.42. The molecule has 0 spiro atoms. The van der Waals surface area contributed by atoms with Gasteiger partial charge in [0.15, 0.2) is 0 Å². The molecular formula is C15H20ClN3O2. The fourth-order valence-electron chi connectivity index (χ4n) is 3.10. The molecule has 1 atom stereocenters. The Morgan fingerprint density at radius 2 is 2.10 bits per heavy atom. The molecule has 0 bridgehead atoms. The molecule has 5 nitrogen and oxygen atoms in total. The lowest BCUT2D eigenvalue weighted by molar-refractivity contribution is 0.0185. The second-order valence-corrected chi connectivity index (χ2v) is 6.05. The van der Waals surface area contributed by atoms with Gasteiger partial charge in [0, 0.05) is 43.5 Å². The molecule has 1 unspecified atom stereocenters. The van der Waals surface area contributed by atoms with Crippen molar-refractivity contribution < 1.29 is 9.53 Å². The summed E-state index contributed by atoms with van der Waals surface area (Å²) in [6.07, 6.45) is 1.03. The molecule has 21 heavy (non-hydrogen) atoms. The van der Waals surface area contributed by atoms with E-state index < -0.39 is 0 Å². The summed E-state index contributed by atoms with van der Waals surface area (Å²) < 4.78 is 5.39. The Labute approximate surface area is 129 Å². The third kappa shape index (κ3) is 3.36. The maximum Gasteiger partial charge on any atom is 0.254 e. The summed E-state index contributed by atoms with van der Waals surface area (Å²) in [7, 11) is 0. The van der Waals surface area contributed by atoms with Crippen molar-refractivity contribution in [1.82, 2.24) is 14.8 Å². The number of likely N-dealkylation sites (tertiary alicyclic amines) is 1. The molecule has 2 aliphatic heterocycles. The van der Waals surface area contributed by atoms with Crippen molar-refractivity contribution in [3.63, 3.8) is 0 Å². The first-order valence-electron chi connectivity index (χ1n) is 7.39. The van der Waals surface area contributed by atoms with E-state index in [-0.39, 0.29) is 5.91 Å². The highest BCUT2D eigenvalue weighted by atomic mass is 35.5. The monoisotopic (exact) mass is 309 g/mol. The van der Waals surface area contributed by atoms with Crippen molar-refractivity contribution in [3.05, 3.63) is 28.5 Å². The molecule has 0 aromatic carbocycles. The van der Waals surface area contributed by atoms with E-state index >= 15 is 0 Å². The minimum Gasteiger partial charge on any atom is -0.379 e. The molecule has 0 saturated carbocycles. The van der Waals surface area contributed by atoms with Gasteiger partial charge < -0.3 is 9.64 Å². The lowest BCUT2D eigenvalue weighted by Gasteiger charge is -2.32. The van der Waals surface area contributed by atoms with Gasteiger partial charge in [0.05, 0.1) is 13.2 Å². The third-order valence-corrected chi connectivity index (χ3v) is 4.38. The number of hydrogen-bond donors (Lipinski definition) is 0. The quantitative estimate of drug-likeness (QED) is 0.778. The van der Waals surface area contributed by atoms with Gasteiger partial charge in [0.2, 0.25) is 0 Å². The largest absolute Gasteiger partial charge is 0.379 e. The van der Waals surface area contributed by atoms with Crippen LogP contribution in [-0.4, -0.2) is 66.1 Å². The Hall–Kier alpha value is -1.17. The number of amides is 1. The molecule has 0 aliphatic carbocycles. The highest BCUT2D eigenvalue weighted by Gasteiger charge is 2.31. The van der Waals surface area contributed by atoms with E-state index in [2.05, 4.69) is 9.88 Å². The maximum atomic E-state index is 12.6. The smallest absolute Gasteiger partial charge is 0.254 e. The highest BCUT2D eigenvalue weighted by molar-refractivity contribution is 6.29. The summed E-state index contributed by atoms with van der Waals surface area (Å²) in [6, 6.07) is 3.91. The van der Waals surface area contributed by atoms with Crippen molar-refractivity contribution in [2.24, 2.45) is 0 Å². The molecule has 6 heteroatoms. The first kappa shape index (κ1) is 14.8. The molecule has 3 rings (SSSR count). The summed E-state index contributed by atoms with van der Waals surface area (Å²) in [5, 5.41) is 0.377. The van der Waals surface area contributed by atoms with Crippen LogP contribution in [0.5, 0.6) is 0 Å². The van der Waals surface area contributed by atoms with Gasteiger partial charge in [-0.2, -0.15) is 0 Å². The Balaban J connectivity index is 1.66. The van der Waals surface area contributed by atoms with Crippen LogP contribution in [0, 0.1) is 6.92 Å². The van der Waals surface area contributed by atoms with Crippen LogP contribution in [0.3, 0.4) is 0 Å². The number of ether oxygens (including phenoxy) is 1. The topological polar surface area (TPSA) is 45.7 Å². The minimum atomic E-state index is 0.0539. The van der Waals surface area contributed by atoms with Gasteiger partial charge in [-0.15, -0.1) is 0 Å². The second kappa shape index (κ2) is 6.30. The van der Waals surface area contributed by atoms with Crippen molar-refractivity contribution >= 4 is 17.5 Å². The van der Waals surface area contributed by atoms with Crippen LogP contribution in [-0.2, 0) is 4.74 Å². The Morgan fingerprint density at radius 1 is 1.33 bits per heavy atom. The molecular weight excluding hydrogens is 290 g/mol. The molecule has 1 amide bonds. The van der Waals surface area contributed by atoms with Crippen molar-refractivity contribution in [2.45, 2.75) is 19.4 Å². The van der Waals surface area contributed by atoms with Gasteiger partial charge in [-0.1, -0.05) is 11.6 Å². The zero-order valence-electron chi connectivity index (χ0n) is 12.2. The van der Waals surface area contributed by atoms with E-state index in [9.17, 15) is 4.79 Å². The second-order valence-electron chi connectivity index (χ2n) is 5.66. The minimum absolute atomic E-state index is 0.0539. The van der Waals surface area contributed by atoms with Crippen LogP contribution in [0.25, 0.3) is 0 Å². The third-order valence-electron chi connectivity index (χ3n) is 4.18. The standard InChI is InChI=1S/C15H20ClN3O2/c1-11-8-12(9-14(16)17-11)15(20)19-3-2-13(10-19)18-4-6-21-7-5-18/h8-9,13H,2-7,10H2,1H3. The molecule has 2 aliphatic rings. The zero-order chi connectivity index (χ0) is 14.8. The number of nitrogens with zero attached hydrogens (tertiary/aromatic N) is 3. The van der Waals surface area contributed by atoms with Crippen molar-refractivity contribution in [2.75, 3.05) is 39.4 Å². The molecule has 1 aromatic heterocycles. The van der Waals surface area contributed by atoms with Crippen LogP contribution in [0.15, 0.2) is 12.1 Å². The van der Waals surface area contributed by atoms with E-state index in [4.69, 9.17) is 16.3 Å². The molecule has 0 N–H and O–H groups in total. The predicted octanol–water partition coefficient (Wildman–Crippen LogP) is 1.59. The lowest BCUT2D eigenvalue weighted by atomic mass is 10.2. The van der Waals surface area contributed by atoms with Crippen LogP contribution < -0.4 is 0 Å². The average Bonchev–Trinajstić information content (AvgIpc) is 2.96. The van der Waals surface area contributed by atoms with E-state index in [1.165, 1.54) is 0 Å². The fraction of sp³-hybridized carbons (Fsp3) is 0.600. The van der Waals surface area contributed by atoms with Gasteiger partial charge in [-0.3, -0.25) is 9.69 Å². The molecule has 1 aromatic rings. The Bertz CT molecular complexity index is 511. The van der Waals surface area contributed by atoms with Crippen LogP contribution in [0.4, 0.5) is 0 Å². The number of rotatable bonds is 2. The maximum absolute atomic E-state index is 12.6.